The van der Waals surface area contributed by atoms with Gasteiger partial charge in [-0.3, -0.25) is 9.59 Å². The number of nitrogens with one attached hydrogen (secondary N) is 2. The van der Waals surface area contributed by atoms with Crippen LogP contribution in [0.4, 0.5) is 17.1 Å². The Balaban J connectivity index is 0.00000465. The molecule has 59 heavy (non-hydrogen) atoms. The topological polar surface area (TPSA) is 199 Å². The van der Waals surface area contributed by atoms with Crippen molar-refractivity contribution in [2.75, 3.05) is 25.1 Å². The molecule has 0 aliphatic heterocycles. The second-order valence-electron chi connectivity index (χ2n) is 13.7. The van der Waals surface area contributed by atoms with Crippen molar-refractivity contribution in [1.82, 2.24) is 5.32 Å². The van der Waals surface area contributed by atoms with Gasteiger partial charge in [0.15, 0.2) is 0 Å². The van der Waals surface area contributed by atoms with Crippen molar-refractivity contribution in [1.29, 1.82) is 0 Å². The number of anilines is 1. The Morgan fingerprint density at radius 2 is 1.42 bits per heavy atom. The molecule has 0 aliphatic rings. The number of phenolic OH excluding ortho intramolecular Hbond substituents is 2. The molecule has 13 nitrogen and oxygen atoms in total. The van der Waals surface area contributed by atoms with Crippen molar-refractivity contribution in [2.45, 2.75) is 83.0 Å². The minimum absolute atomic E-state index is 0. The van der Waals surface area contributed by atoms with Gasteiger partial charge in [-0.15, -0.1) is 5.39 Å². The maximum atomic E-state index is 13.1. The van der Waals surface area contributed by atoms with Crippen LogP contribution in [0, 0.1) is 6.07 Å². The smallest absolute Gasteiger partial charge is 0.744 e. The van der Waals surface area contributed by atoms with Crippen LogP contribution in [0.5, 0.6) is 23.0 Å². The minimum Gasteiger partial charge on any atom is -0.744 e. The number of unbranched alkanes of at least 4 members (excludes halogenated alkanes) is 9. The number of hydrogen-bond donors (Lipinski definition) is 4. The Labute approximate surface area is 389 Å². The monoisotopic (exact) mass is 842 g/mol. The molecule has 16 heteroatoms. The van der Waals surface area contributed by atoms with Gasteiger partial charge < -0.3 is 34.9 Å². The summed E-state index contributed by atoms with van der Waals surface area (Å²) in [4.78, 5) is 24.3. The number of nitrogens with zero attached hydrogens (tertiary/aromatic N) is 2. The fourth-order valence-electron chi connectivity index (χ4n) is 6.41. The maximum absolute atomic E-state index is 13.1. The van der Waals surface area contributed by atoms with Crippen LogP contribution in [0.2, 0.25) is 0 Å². The SMILES string of the molecule is CCCCCCCCCCCCNC(=O)c1cc(OCCOc2ccc(N=Nc3[c-]cc4cc(S(=O)(=O)[O-])cc(NC(C)=O)c4c3O)cc2)c2ccccc2c1O.[Na+].[Na+]. The maximum Gasteiger partial charge on any atom is 1.00 e. The van der Waals surface area contributed by atoms with Gasteiger partial charge in [0.05, 0.1) is 11.3 Å². The standard InChI is InChI=1S/C43H49N4O9S.2Na/c1-3-4-5-6-7-8-9-10-11-14-23-44-43(51)36-28-39(34-15-12-13-16-35(34)41(36)49)56-25-24-55-32-20-18-31(19-21-32)46-47-37-22-17-30-26-33(57(52,53)54)27-38(45-29(2)48)40(30)42(37)50;;/h12-13,15-21,26-28,49-50H,3-11,14,23-25H2,1-2H3,(H,44,51)(H,45,48)(H,52,53,54);;/q-1;2*+1/p-1. The van der Waals surface area contributed by atoms with E-state index in [0.29, 0.717) is 34.5 Å². The van der Waals surface area contributed by atoms with E-state index in [1.165, 1.54) is 57.9 Å². The Morgan fingerprint density at radius 1 is 0.797 bits per heavy atom. The number of rotatable bonds is 21. The molecule has 5 rings (SSSR count). The van der Waals surface area contributed by atoms with Crippen LogP contribution in [0.15, 0.2) is 87.9 Å². The number of fused-ring (bicyclic) bond motifs is 2. The summed E-state index contributed by atoms with van der Waals surface area (Å²) in [5, 5.41) is 36.9. The molecule has 5 aromatic carbocycles. The Hall–Kier alpha value is -3.73. The van der Waals surface area contributed by atoms with Crippen molar-refractivity contribution in [3.63, 3.8) is 0 Å². The van der Waals surface area contributed by atoms with Crippen LogP contribution < -0.4 is 79.2 Å². The zero-order valence-corrected chi connectivity index (χ0v) is 39.0. The van der Waals surface area contributed by atoms with Gasteiger partial charge in [-0.25, -0.2) is 8.42 Å². The molecular weight excluding hydrogens is 795 g/mol. The largest absolute Gasteiger partial charge is 1.00 e. The molecule has 0 aliphatic carbocycles. The van der Waals surface area contributed by atoms with Crippen LogP contribution >= 0.6 is 0 Å². The molecule has 0 spiro atoms. The van der Waals surface area contributed by atoms with Gasteiger partial charge >= 0.3 is 59.1 Å². The summed E-state index contributed by atoms with van der Waals surface area (Å²) in [5.41, 5.74) is 0.395. The average molecular weight is 843 g/mol. The molecule has 0 heterocycles. The molecule has 0 fully saturated rings. The van der Waals surface area contributed by atoms with Gasteiger partial charge in [-0.1, -0.05) is 100 Å². The number of hydrogen-bond acceptors (Lipinski definition) is 11. The van der Waals surface area contributed by atoms with Gasteiger partial charge in [0, 0.05) is 46.3 Å². The van der Waals surface area contributed by atoms with E-state index in [1.54, 1.807) is 42.5 Å². The number of aromatic hydroxyl groups is 2. The summed E-state index contributed by atoms with van der Waals surface area (Å²) < 4.78 is 46.8. The second kappa shape index (κ2) is 24.5. The molecule has 302 valence electrons. The molecule has 0 aromatic heterocycles. The molecule has 5 aromatic rings. The predicted octanol–water partition coefficient (Wildman–Crippen LogP) is 3.60. The van der Waals surface area contributed by atoms with Crippen LogP contribution in [0.25, 0.3) is 21.5 Å². The molecule has 0 atom stereocenters. The predicted molar refractivity (Wildman–Crippen MR) is 218 cm³/mol. The summed E-state index contributed by atoms with van der Waals surface area (Å²) in [5.74, 6) is -0.456. The number of ether oxygens (including phenoxy) is 2. The van der Waals surface area contributed by atoms with Gasteiger partial charge in [0.1, 0.15) is 40.6 Å². The molecule has 0 saturated heterocycles. The quantitative estimate of drug-likeness (QED) is 0.0280. The summed E-state index contributed by atoms with van der Waals surface area (Å²) in [6, 6.07) is 21.5. The van der Waals surface area contributed by atoms with Crippen molar-refractivity contribution in [3.8, 4) is 23.0 Å². The first-order valence-electron chi connectivity index (χ1n) is 19.2. The van der Waals surface area contributed by atoms with E-state index in [-0.39, 0.29) is 112 Å². The summed E-state index contributed by atoms with van der Waals surface area (Å²) in [6.45, 7) is 4.27. The Bertz CT molecular complexity index is 2330. The van der Waals surface area contributed by atoms with E-state index >= 15 is 0 Å². The van der Waals surface area contributed by atoms with Gasteiger partial charge in [0.2, 0.25) is 5.91 Å². The van der Waals surface area contributed by atoms with E-state index in [1.807, 2.05) is 12.1 Å². The molecule has 0 unspecified atom stereocenters. The summed E-state index contributed by atoms with van der Waals surface area (Å²) in [6.07, 6.45) is 12.0. The van der Waals surface area contributed by atoms with Gasteiger partial charge in [0.25, 0.3) is 5.91 Å². The zero-order valence-electron chi connectivity index (χ0n) is 34.2. The average Bonchev–Trinajstić information content (AvgIpc) is 3.18. The fourth-order valence-corrected chi connectivity index (χ4v) is 6.95. The van der Waals surface area contributed by atoms with Crippen molar-refractivity contribution >= 4 is 60.5 Å². The first-order valence-corrected chi connectivity index (χ1v) is 20.6. The van der Waals surface area contributed by atoms with Gasteiger partial charge in [-0.2, -0.15) is 22.4 Å². The third-order valence-corrected chi connectivity index (χ3v) is 10.1. The van der Waals surface area contributed by atoms with E-state index < -0.39 is 26.7 Å². The van der Waals surface area contributed by atoms with E-state index in [0.717, 1.165) is 31.4 Å². The number of carbonyl (C=O) groups excluding carboxylic acids is 2. The third kappa shape index (κ3) is 14.5. The van der Waals surface area contributed by atoms with E-state index in [9.17, 15) is 32.8 Å². The third-order valence-electron chi connectivity index (χ3n) is 9.32. The summed E-state index contributed by atoms with van der Waals surface area (Å²) in [7, 11) is -4.85. The van der Waals surface area contributed by atoms with Crippen LogP contribution in [-0.2, 0) is 14.9 Å². The summed E-state index contributed by atoms with van der Waals surface area (Å²) >= 11 is 0. The Morgan fingerprint density at radius 3 is 2.07 bits per heavy atom. The molecule has 0 radical (unpaired) electrons. The number of phenols is 2. The normalized spacial score (nSPS) is 11.2. The molecule has 2 amide bonds. The van der Waals surface area contributed by atoms with Gasteiger partial charge in [-0.05, 0) is 42.8 Å². The number of azo groups is 1. The molecular formula is C43H48N4Na2O9S. The van der Waals surface area contributed by atoms with Crippen LogP contribution in [-0.4, -0.2) is 54.8 Å². The van der Waals surface area contributed by atoms with Crippen LogP contribution in [0.1, 0.15) is 88.4 Å². The Kier molecular flexibility index (Phi) is 20.6. The minimum atomic E-state index is -4.85. The van der Waals surface area contributed by atoms with Crippen molar-refractivity contribution in [2.24, 2.45) is 10.2 Å². The first kappa shape index (κ1) is 49.6. The molecule has 0 bridgehead atoms. The number of carbonyl (C=O) groups is 2. The fraction of sp³-hybridized carbons (Fsp3) is 0.349. The van der Waals surface area contributed by atoms with Crippen molar-refractivity contribution < 1.29 is 101 Å². The first-order chi connectivity index (χ1) is 27.5. The molecule has 4 N–H and O–H groups in total. The number of benzene rings is 5. The zero-order chi connectivity index (χ0) is 40.8. The second-order valence-corrected chi connectivity index (χ2v) is 15.1. The molecule has 0 saturated carbocycles. The van der Waals surface area contributed by atoms with E-state index in [4.69, 9.17) is 9.47 Å². The van der Waals surface area contributed by atoms with Crippen LogP contribution in [0.3, 0.4) is 0 Å². The number of amides is 2. The van der Waals surface area contributed by atoms with Crippen molar-refractivity contribution in [3.05, 3.63) is 84.4 Å². The van der Waals surface area contributed by atoms with E-state index in [2.05, 4.69) is 33.9 Å².